The van der Waals surface area contributed by atoms with Crippen molar-refractivity contribution in [2.45, 2.75) is 38.5 Å². The molecule has 0 saturated heterocycles. The third kappa shape index (κ3) is 4.70. The molecular formula is C26H27NO4S. The molecule has 6 heteroatoms. The Bertz CT molecular complexity index is 1090. The van der Waals surface area contributed by atoms with Gasteiger partial charge in [0, 0.05) is 10.4 Å². The van der Waals surface area contributed by atoms with Crippen molar-refractivity contribution in [3.8, 4) is 5.75 Å². The lowest BCUT2D eigenvalue weighted by Crippen LogP contribution is -2.16. The Morgan fingerprint density at radius 1 is 1.09 bits per heavy atom. The maximum Gasteiger partial charge on any atom is 0.341 e. The summed E-state index contributed by atoms with van der Waals surface area (Å²) in [6.07, 6.45) is 3.53. The maximum absolute atomic E-state index is 12.9. The van der Waals surface area contributed by atoms with Crippen LogP contribution in [-0.4, -0.2) is 25.6 Å². The molecule has 1 amide bonds. The fourth-order valence-electron chi connectivity index (χ4n) is 4.10. The lowest BCUT2D eigenvalue weighted by molar-refractivity contribution is 0.0601. The summed E-state index contributed by atoms with van der Waals surface area (Å²) >= 11 is 1.48. The van der Waals surface area contributed by atoms with Crippen LogP contribution in [0.4, 0.5) is 5.00 Å². The topological polar surface area (TPSA) is 64.6 Å². The Kier molecular flexibility index (Phi) is 6.90. The van der Waals surface area contributed by atoms with E-state index in [2.05, 4.69) is 29.6 Å². The van der Waals surface area contributed by atoms with Gasteiger partial charge in [-0.3, -0.25) is 4.79 Å². The molecule has 1 heterocycles. The van der Waals surface area contributed by atoms with Crippen LogP contribution in [0.25, 0.3) is 0 Å². The van der Waals surface area contributed by atoms with Crippen molar-refractivity contribution in [3.05, 3.63) is 81.7 Å². The lowest BCUT2D eigenvalue weighted by Gasteiger charge is -2.22. The molecule has 1 aliphatic carbocycles. The SMILES string of the molecule is CCCOc1ccc(C(=O)Nc2sc3c(c2C(=O)OC)CC[C@H](c2ccccc2)C3)cc1. The van der Waals surface area contributed by atoms with Crippen LogP contribution in [0.2, 0.25) is 0 Å². The molecule has 1 N–H and O–H groups in total. The standard InChI is InChI=1S/C26H27NO4S/c1-3-15-31-20-12-9-18(10-13-20)24(28)27-25-23(26(29)30-2)21-14-11-19(16-22(21)32-25)17-7-5-4-6-8-17/h4-10,12-13,19H,3,11,14-16H2,1-2H3,(H,27,28)/t19-/m0/s1. The van der Waals surface area contributed by atoms with Gasteiger partial charge in [-0.05, 0) is 67.0 Å². The van der Waals surface area contributed by atoms with Gasteiger partial charge in [-0.1, -0.05) is 37.3 Å². The first kappa shape index (κ1) is 22.1. The van der Waals surface area contributed by atoms with Gasteiger partial charge in [0.25, 0.3) is 5.91 Å². The number of benzene rings is 2. The minimum absolute atomic E-state index is 0.254. The second-order valence-electron chi connectivity index (χ2n) is 7.88. The number of esters is 1. The number of hydrogen-bond acceptors (Lipinski definition) is 5. The molecule has 32 heavy (non-hydrogen) atoms. The van der Waals surface area contributed by atoms with Crippen LogP contribution in [0, 0.1) is 0 Å². The summed E-state index contributed by atoms with van der Waals surface area (Å²) in [7, 11) is 1.38. The van der Waals surface area contributed by atoms with Gasteiger partial charge in [-0.25, -0.2) is 4.79 Å². The minimum atomic E-state index is -0.403. The molecule has 0 bridgehead atoms. The molecular weight excluding hydrogens is 422 g/mol. The molecule has 3 aromatic rings. The number of rotatable bonds is 7. The molecule has 0 radical (unpaired) electrons. The van der Waals surface area contributed by atoms with Crippen molar-refractivity contribution in [3.63, 3.8) is 0 Å². The Balaban J connectivity index is 1.57. The summed E-state index contributed by atoms with van der Waals surface area (Å²) in [5, 5.41) is 3.52. The van der Waals surface area contributed by atoms with Crippen LogP contribution < -0.4 is 10.1 Å². The first-order valence-corrected chi connectivity index (χ1v) is 11.7. The maximum atomic E-state index is 12.9. The highest BCUT2D eigenvalue weighted by atomic mass is 32.1. The van der Waals surface area contributed by atoms with Gasteiger partial charge in [-0.15, -0.1) is 11.3 Å². The van der Waals surface area contributed by atoms with Gasteiger partial charge in [0.1, 0.15) is 10.8 Å². The van der Waals surface area contributed by atoms with Crippen LogP contribution in [0.5, 0.6) is 5.75 Å². The molecule has 1 aliphatic rings. The first-order valence-electron chi connectivity index (χ1n) is 10.9. The van der Waals surface area contributed by atoms with Gasteiger partial charge in [0.15, 0.2) is 0 Å². The Morgan fingerprint density at radius 2 is 1.84 bits per heavy atom. The number of anilines is 1. The molecule has 0 unspecified atom stereocenters. The molecule has 0 aliphatic heterocycles. The molecule has 2 aromatic carbocycles. The molecule has 166 valence electrons. The van der Waals surface area contributed by atoms with Crippen LogP contribution in [-0.2, 0) is 17.6 Å². The number of carbonyl (C=O) groups is 2. The summed E-state index contributed by atoms with van der Waals surface area (Å²) in [4.78, 5) is 26.6. The predicted octanol–water partition coefficient (Wildman–Crippen LogP) is 5.85. The highest BCUT2D eigenvalue weighted by Gasteiger charge is 2.30. The van der Waals surface area contributed by atoms with Crippen LogP contribution in [0.15, 0.2) is 54.6 Å². The Labute approximate surface area is 192 Å². The smallest absolute Gasteiger partial charge is 0.341 e. The van der Waals surface area contributed by atoms with Crippen LogP contribution in [0.3, 0.4) is 0 Å². The third-order valence-electron chi connectivity index (χ3n) is 5.74. The summed E-state index contributed by atoms with van der Waals surface area (Å²) < 4.78 is 10.6. The van der Waals surface area contributed by atoms with E-state index < -0.39 is 5.97 Å². The van der Waals surface area contributed by atoms with Crippen molar-refractivity contribution < 1.29 is 19.1 Å². The second kappa shape index (κ2) is 10.0. The van der Waals surface area contributed by atoms with E-state index in [-0.39, 0.29) is 5.91 Å². The molecule has 0 spiro atoms. The van der Waals surface area contributed by atoms with E-state index >= 15 is 0 Å². The van der Waals surface area contributed by atoms with E-state index in [9.17, 15) is 9.59 Å². The summed E-state index contributed by atoms with van der Waals surface area (Å²) in [6.45, 7) is 2.68. The first-order chi connectivity index (χ1) is 15.6. The van der Waals surface area contributed by atoms with E-state index in [0.29, 0.717) is 28.7 Å². The number of nitrogens with one attached hydrogen (secondary N) is 1. The molecule has 5 nitrogen and oxygen atoms in total. The second-order valence-corrected chi connectivity index (χ2v) is 8.98. The fraction of sp³-hybridized carbons (Fsp3) is 0.308. The number of fused-ring (bicyclic) bond motifs is 1. The molecule has 1 atom stereocenters. The van der Waals surface area contributed by atoms with Crippen molar-refractivity contribution in [1.82, 2.24) is 0 Å². The van der Waals surface area contributed by atoms with Crippen molar-refractivity contribution in [1.29, 1.82) is 0 Å². The number of methoxy groups -OCH3 is 1. The number of carbonyl (C=O) groups excluding carboxylic acids is 2. The summed E-state index contributed by atoms with van der Waals surface area (Å²) in [5.41, 5.74) is 3.32. The zero-order valence-electron chi connectivity index (χ0n) is 18.4. The lowest BCUT2D eigenvalue weighted by atomic mass is 9.83. The minimum Gasteiger partial charge on any atom is -0.494 e. The molecule has 1 aromatic heterocycles. The largest absolute Gasteiger partial charge is 0.494 e. The quantitative estimate of drug-likeness (QED) is 0.460. The van der Waals surface area contributed by atoms with Crippen LogP contribution in [0.1, 0.15) is 62.4 Å². The predicted molar refractivity (Wildman–Crippen MR) is 127 cm³/mol. The Morgan fingerprint density at radius 3 is 2.53 bits per heavy atom. The Hall–Kier alpha value is -3.12. The van der Waals surface area contributed by atoms with Crippen molar-refractivity contribution >= 4 is 28.2 Å². The zero-order chi connectivity index (χ0) is 22.5. The third-order valence-corrected chi connectivity index (χ3v) is 6.91. The monoisotopic (exact) mass is 449 g/mol. The number of ether oxygens (including phenoxy) is 2. The normalized spacial score (nSPS) is 15.0. The van der Waals surface area contributed by atoms with E-state index in [0.717, 1.165) is 41.9 Å². The van der Waals surface area contributed by atoms with Crippen LogP contribution >= 0.6 is 11.3 Å². The highest BCUT2D eigenvalue weighted by Crippen LogP contribution is 2.42. The number of amides is 1. The van der Waals surface area contributed by atoms with E-state index in [1.165, 1.54) is 24.0 Å². The van der Waals surface area contributed by atoms with Gasteiger partial charge >= 0.3 is 5.97 Å². The van der Waals surface area contributed by atoms with Crippen molar-refractivity contribution in [2.24, 2.45) is 0 Å². The summed E-state index contributed by atoms with van der Waals surface area (Å²) in [6, 6.07) is 17.5. The molecule has 0 saturated carbocycles. The molecule has 0 fully saturated rings. The average Bonchev–Trinajstić information content (AvgIpc) is 3.20. The van der Waals surface area contributed by atoms with Gasteiger partial charge in [0.2, 0.25) is 0 Å². The fourth-order valence-corrected chi connectivity index (χ4v) is 5.41. The summed E-state index contributed by atoms with van der Waals surface area (Å²) in [5.74, 6) is 0.485. The number of thiophene rings is 1. The van der Waals surface area contributed by atoms with E-state index in [1.54, 1.807) is 24.3 Å². The van der Waals surface area contributed by atoms with E-state index in [1.807, 2.05) is 13.0 Å². The average molecular weight is 450 g/mol. The molecule has 4 rings (SSSR count). The van der Waals surface area contributed by atoms with Gasteiger partial charge in [0.05, 0.1) is 19.3 Å². The van der Waals surface area contributed by atoms with Gasteiger partial charge < -0.3 is 14.8 Å². The zero-order valence-corrected chi connectivity index (χ0v) is 19.2. The highest BCUT2D eigenvalue weighted by molar-refractivity contribution is 7.17. The number of hydrogen-bond donors (Lipinski definition) is 1. The van der Waals surface area contributed by atoms with E-state index in [4.69, 9.17) is 9.47 Å². The van der Waals surface area contributed by atoms with Crippen molar-refractivity contribution in [2.75, 3.05) is 19.0 Å². The van der Waals surface area contributed by atoms with Gasteiger partial charge in [-0.2, -0.15) is 0 Å².